The quantitative estimate of drug-likeness (QED) is 0.607. The van der Waals surface area contributed by atoms with Crippen LogP contribution in [0.2, 0.25) is 0 Å². The molecule has 0 bridgehead atoms. The van der Waals surface area contributed by atoms with Crippen molar-refractivity contribution in [2.24, 2.45) is 5.92 Å². The second-order valence-electron chi connectivity index (χ2n) is 7.22. The summed E-state index contributed by atoms with van der Waals surface area (Å²) < 4.78 is 10.6. The zero-order valence-corrected chi connectivity index (χ0v) is 17.3. The van der Waals surface area contributed by atoms with Gasteiger partial charge in [0.25, 0.3) is 0 Å². The van der Waals surface area contributed by atoms with Gasteiger partial charge in [0.2, 0.25) is 17.8 Å². The number of aromatic amines is 1. The topological polar surface area (TPSA) is 109 Å². The van der Waals surface area contributed by atoms with Crippen LogP contribution in [0.25, 0.3) is 11.4 Å². The first kappa shape index (κ1) is 20.4. The van der Waals surface area contributed by atoms with Gasteiger partial charge in [-0.3, -0.25) is 20.0 Å². The molecular weight excluding hydrogens is 398 g/mol. The van der Waals surface area contributed by atoms with E-state index >= 15 is 0 Å². The molecule has 0 spiro atoms. The van der Waals surface area contributed by atoms with E-state index in [1.807, 2.05) is 30.3 Å². The van der Waals surface area contributed by atoms with E-state index in [0.717, 1.165) is 5.56 Å². The Kier molecular flexibility index (Phi) is 5.83. The summed E-state index contributed by atoms with van der Waals surface area (Å²) in [6, 6.07) is 15.0. The molecule has 1 aromatic heterocycles. The van der Waals surface area contributed by atoms with Gasteiger partial charge in [0.1, 0.15) is 11.5 Å². The monoisotopic (exact) mass is 421 g/mol. The summed E-state index contributed by atoms with van der Waals surface area (Å²) in [7, 11) is 3.13. The van der Waals surface area contributed by atoms with E-state index in [2.05, 4.69) is 20.5 Å². The van der Waals surface area contributed by atoms with Crippen molar-refractivity contribution >= 4 is 17.8 Å². The number of likely N-dealkylation sites (tertiary alicyclic amines) is 1. The lowest BCUT2D eigenvalue weighted by Gasteiger charge is -2.16. The molecule has 2 amide bonds. The molecule has 9 nitrogen and oxygen atoms in total. The molecule has 0 radical (unpaired) electrons. The summed E-state index contributed by atoms with van der Waals surface area (Å²) >= 11 is 0. The van der Waals surface area contributed by atoms with Crippen LogP contribution in [0.3, 0.4) is 0 Å². The average molecular weight is 421 g/mol. The summed E-state index contributed by atoms with van der Waals surface area (Å²) in [6.45, 7) is 0.856. The molecule has 2 aromatic carbocycles. The number of amides is 2. The third-order valence-corrected chi connectivity index (χ3v) is 5.19. The molecule has 160 valence electrons. The van der Waals surface area contributed by atoms with Gasteiger partial charge in [-0.1, -0.05) is 30.3 Å². The van der Waals surface area contributed by atoms with Crippen LogP contribution in [0, 0.1) is 5.92 Å². The SMILES string of the molecule is COc1ccc(-c2nc(NC(=O)C3CC(=O)N(Cc4ccccc4)C3)n[nH]2)c(OC)c1. The standard InChI is InChI=1S/C22H23N5O4/c1-30-16-8-9-17(18(11-16)31-2)20-23-22(26-25-20)24-21(29)15-10-19(28)27(13-15)12-14-6-4-3-5-7-14/h3-9,11,15H,10,12-13H2,1-2H3,(H2,23,24,25,26,29). The third-order valence-electron chi connectivity index (χ3n) is 5.19. The number of rotatable bonds is 7. The zero-order valence-electron chi connectivity index (χ0n) is 17.3. The lowest BCUT2D eigenvalue weighted by atomic mass is 10.1. The van der Waals surface area contributed by atoms with E-state index in [1.54, 1.807) is 37.3 Å². The van der Waals surface area contributed by atoms with Gasteiger partial charge >= 0.3 is 0 Å². The third kappa shape index (κ3) is 4.50. The Labute approximate surface area is 179 Å². The molecule has 0 aliphatic carbocycles. The summed E-state index contributed by atoms with van der Waals surface area (Å²) in [4.78, 5) is 31.1. The number of ether oxygens (including phenoxy) is 2. The average Bonchev–Trinajstić information content (AvgIpc) is 3.40. The van der Waals surface area contributed by atoms with Gasteiger partial charge in [-0.2, -0.15) is 4.98 Å². The van der Waals surface area contributed by atoms with Crippen molar-refractivity contribution in [2.45, 2.75) is 13.0 Å². The van der Waals surface area contributed by atoms with E-state index in [9.17, 15) is 9.59 Å². The second kappa shape index (κ2) is 8.86. The minimum atomic E-state index is -0.450. The van der Waals surface area contributed by atoms with Crippen LogP contribution < -0.4 is 14.8 Å². The van der Waals surface area contributed by atoms with Crippen molar-refractivity contribution in [3.8, 4) is 22.9 Å². The van der Waals surface area contributed by atoms with Gasteiger partial charge in [0, 0.05) is 25.6 Å². The molecular formula is C22H23N5O4. The number of aromatic nitrogens is 3. The molecule has 31 heavy (non-hydrogen) atoms. The molecule has 4 rings (SSSR count). The fourth-order valence-corrected chi connectivity index (χ4v) is 3.55. The number of methoxy groups -OCH3 is 2. The highest BCUT2D eigenvalue weighted by Crippen LogP contribution is 2.31. The van der Waals surface area contributed by atoms with Gasteiger partial charge in [0.05, 0.1) is 25.7 Å². The largest absolute Gasteiger partial charge is 0.497 e. The Morgan fingerprint density at radius 2 is 2.00 bits per heavy atom. The molecule has 1 atom stereocenters. The predicted molar refractivity (Wildman–Crippen MR) is 114 cm³/mol. The Bertz CT molecular complexity index is 1080. The van der Waals surface area contributed by atoms with E-state index in [0.29, 0.717) is 36.0 Å². The number of nitrogens with zero attached hydrogens (tertiary/aromatic N) is 3. The minimum absolute atomic E-state index is 0.0392. The lowest BCUT2D eigenvalue weighted by molar-refractivity contribution is -0.128. The smallest absolute Gasteiger partial charge is 0.249 e. The highest BCUT2D eigenvalue weighted by molar-refractivity contribution is 5.96. The van der Waals surface area contributed by atoms with Gasteiger partial charge in [-0.15, -0.1) is 5.10 Å². The number of hydrogen-bond donors (Lipinski definition) is 2. The molecule has 1 aliphatic heterocycles. The van der Waals surface area contributed by atoms with Crippen molar-refractivity contribution in [1.82, 2.24) is 20.1 Å². The van der Waals surface area contributed by atoms with Gasteiger partial charge < -0.3 is 14.4 Å². The number of H-pyrrole nitrogens is 1. The van der Waals surface area contributed by atoms with E-state index < -0.39 is 5.92 Å². The summed E-state index contributed by atoms with van der Waals surface area (Å²) in [5, 5.41) is 9.58. The second-order valence-corrected chi connectivity index (χ2v) is 7.22. The number of carbonyl (C=O) groups is 2. The Hall–Kier alpha value is -3.88. The van der Waals surface area contributed by atoms with Crippen LogP contribution in [-0.4, -0.2) is 52.7 Å². The minimum Gasteiger partial charge on any atom is -0.497 e. The van der Waals surface area contributed by atoms with Crippen LogP contribution in [0.5, 0.6) is 11.5 Å². The van der Waals surface area contributed by atoms with Crippen LogP contribution in [0.1, 0.15) is 12.0 Å². The Balaban J connectivity index is 1.41. The molecule has 1 unspecified atom stereocenters. The van der Waals surface area contributed by atoms with Crippen molar-refractivity contribution in [3.63, 3.8) is 0 Å². The van der Waals surface area contributed by atoms with Gasteiger partial charge in [0.15, 0.2) is 5.82 Å². The predicted octanol–water partition coefficient (Wildman–Crippen LogP) is 2.48. The molecule has 1 saturated heterocycles. The van der Waals surface area contributed by atoms with Crippen molar-refractivity contribution in [2.75, 3.05) is 26.1 Å². The van der Waals surface area contributed by atoms with Crippen LogP contribution in [0.15, 0.2) is 48.5 Å². The lowest BCUT2D eigenvalue weighted by Crippen LogP contribution is -2.28. The first-order valence-corrected chi connectivity index (χ1v) is 9.84. The molecule has 2 heterocycles. The van der Waals surface area contributed by atoms with Crippen molar-refractivity contribution in [3.05, 3.63) is 54.1 Å². The van der Waals surface area contributed by atoms with Crippen LogP contribution in [0.4, 0.5) is 5.95 Å². The number of nitrogens with one attached hydrogen (secondary N) is 2. The maximum atomic E-state index is 12.7. The Morgan fingerprint density at radius 3 is 2.74 bits per heavy atom. The van der Waals surface area contributed by atoms with E-state index in [-0.39, 0.29) is 24.2 Å². The number of hydrogen-bond acceptors (Lipinski definition) is 6. The normalized spacial score (nSPS) is 15.7. The summed E-state index contributed by atoms with van der Waals surface area (Å²) in [5.74, 6) is 1.04. The molecule has 1 fully saturated rings. The van der Waals surface area contributed by atoms with E-state index in [4.69, 9.17) is 9.47 Å². The fraction of sp³-hybridized carbons (Fsp3) is 0.273. The van der Waals surface area contributed by atoms with Crippen LogP contribution >= 0.6 is 0 Å². The number of carbonyl (C=O) groups excluding carboxylic acids is 2. The van der Waals surface area contributed by atoms with E-state index in [1.165, 1.54) is 0 Å². The molecule has 9 heteroatoms. The number of benzene rings is 2. The van der Waals surface area contributed by atoms with Gasteiger partial charge in [-0.25, -0.2) is 0 Å². The number of anilines is 1. The maximum Gasteiger partial charge on any atom is 0.249 e. The first-order chi connectivity index (χ1) is 15.1. The molecule has 2 N–H and O–H groups in total. The Morgan fingerprint density at radius 1 is 1.19 bits per heavy atom. The first-order valence-electron chi connectivity index (χ1n) is 9.84. The van der Waals surface area contributed by atoms with Crippen molar-refractivity contribution < 1.29 is 19.1 Å². The molecule has 3 aromatic rings. The highest BCUT2D eigenvalue weighted by atomic mass is 16.5. The summed E-state index contributed by atoms with van der Waals surface area (Å²) in [5.41, 5.74) is 1.71. The highest BCUT2D eigenvalue weighted by Gasteiger charge is 2.34. The fourth-order valence-electron chi connectivity index (χ4n) is 3.55. The maximum absolute atomic E-state index is 12.7. The van der Waals surface area contributed by atoms with Crippen molar-refractivity contribution in [1.29, 1.82) is 0 Å². The zero-order chi connectivity index (χ0) is 21.8. The summed E-state index contributed by atoms with van der Waals surface area (Å²) in [6.07, 6.45) is 0.169. The molecule has 0 saturated carbocycles. The molecule has 1 aliphatic rings. The van der Waals surface area contributed by atoms with Crippen LogP contribution in [-0.2, 0) is 16.1 Å². The van der Waals surface area contributed by atoms with Gasteiger partial charge in [-0.05, 0) is 17.7 Å².